The van der Waals surface area contributed by atoms with Gasteiger partial charge in [0.25, 0.3) is 0 Å². The molecule has 3 heteroatoms. The van der Waals surface area contributed by atoms with Gasteiger partial charge in [-0.1, -0.05) is 12.5 Å². The van der Waals surface area contributed by atoms with Crippen molar-refractivity contribution in [3.05, 3.63) is 35.1 Å². The van der Waals surface area contributed by atoms with Gasteiger partial charge in [-0.2, -0.15) is 0 Å². The van der Waals surface area contributed by atoms with Gasteiger partial charge in [0.1, 0.15) is 5.82 Å². The predicted molar refractivity (Wildman–Crippen MR) is 63.4 cm³/mol. The van der Waals surface area contributed by atoms with Crippen LogP contribution in [0.5, 0.6) is 0 Å². The number of rotatable bonds is 1. The number of hydrogen-bond donors (Lipinski definition) is 0. The molecule has 2 rings (SSSR count). The van der Waals surface area contributed by atoms with Crippen molar-refractivity contribution in [2.45, 2.75) is 32.2 Å². The highest BCUT2D eigenvalue weighted by molar-refractivity contribution is 9.07. The Bertz CT molecular complexity index is 353. The van der Waals surface area contributed by atoms with Crippen molar-refractivity contribution in [3.8, 4) is 0 Å². The van der Waals surface area contributed by atoms with E-state index in [1.807, 2.05) is 13.0 Å². The van der Waals surface area contributed by atoms with E-state index in [2.05, 4.69) is 20.1 Å². The van der Waals surface area contributed by atoms with Gasteiger partial charge < -0.3 is 0 Å². The SMILES string of the molecule is Cc1cc(F)ccc1C1CCCCN1Br. The molecule has 0 radical (unpaired) electrons. The van der Waals surface area contributed by atoms with Crippen molar-refractivity contribution in [1.82, 2.24) is 3.93 Å². The van der Waals surface area contributed by atoms with E-state index in [1.54, 1.807) is 12.1 Å². The van der Waals surface area contributed by atoms with Gasteiger partial charge in [0.2, 0.25) is 0 Å². The second kappa shape index (κ2) is 4.62. The van der Waals surface area contributed by atoms with Gasteiger partial charge in [-0.3, -0.25) is 0 Å². The van der Waals surface area contributed by atoms with Crippen LogP contribution in [0.2, 0.25) is 0 Å². The van der Waals surface area contributed by atoms with Gasteiger partial charge in [0.15, 0.2) is 0 Å². The number of piperidine rings is 1. The minimum absolute atomic E-state index is 0.145. The van der Waals surface area contributed by atoms with Crippen molar-refractivity contribution < 1.29 is 4.39 Å². The summed E-state index contributed by atoms with van der Waals surface area (Å²) in [7, 11) is 0. The first-order valence-electron chi connectivity index (χ1n) is 5.37. The molecular formula is C12H15BrFN. The number of nitrogens with zero attached hydrogens (tertiary/aromatic N) is 1. The zero-order valence-corrected chi connectivity index (χ0v) is 10.4. The molecule has 1 nitrogen and oxygen atoms in total. The largest absolute Gasteiger partial charge is 0.235 e. The quantitative estimate of drug-likeness (QED) is 0.699. The lowest BCUT2D eigenvalue weighted by Gasteiger charge is -2.31. The predicted octanol–water partition coefficient (Wildman–Crippen LogP) is 3.97. The lowest BCUT2D eigenvalue weighted by molar-refractivity contribution is 0.288. The molecule has 0 bridgehead atoms. The van der Waals surface area contributed by atoms with Crippen LogP contribution in [0.15, 0.2) is 18.2 Å². The minimum atomic E-state index is -0.145. The Balaban J connectivity index is 2.27. The third-order valence-electron chi connectivity index (χ3n) is 3.03. The van der Waals surface area contributed by atoms with Gasteiger partial charge in [0.05, 0.1) is 0 Å². The van der Waals surface area contributed by atoms with Gasteiger partial charge >= 0.3 is 0 Å². The fourth-order valence-corrected chi connectivity index (χ4v) is 2.89. The zero-order chi connectivity index (χ0) is 10.8. The molecule has 0 aliphatic carbocycles. The lowest BCUT2D eigenvalue weighted by Crippen LogP contribution is -2.25. The molecule has 1 fully saturated rings. The van der Waals surface area contributed by atoms with Crippen LogP contribution < -0.4 is 0 Å². The molecule has 1 aromatic carbocycles. The van der Waals surface area contributed by atoms with Crippen molar-refractivity contribution in [1.29, 1.82) is 0 Å². The summed E-state index contributed by atoms with van der Waals surface area (Å²) in [6.45, 7) is 3.05. The highest BCUT2D eigenvalue weighted by Crippen LogP contribution is 2.34. The van der Waals surface area contributed by atoms with Crippen LogP contribution in [0, 0.1) is 12.7 Å². The van der Waals surface area contributed by atoms with Crippen LogP contribution in [0.25, 0.3) is 0 Å². The molecule has 82 valence electrons. The van der Waals surface area contributed by atoms with Crippen LogP contribution >= 0.6 is 16.1 Å². The number of benzene rings is 1. The number of hydrogen-bond acceptors (Lipinski definition) is 1. The van der Waals surface area contributed by atoms with Crippen LogP contribution in [-0.2, 0) is 0 Å². The Hall–Kier alpha value is -0.410. The highest BCUT2D eigenvalue weighted by Gasteiger charge is 2.23. The van der Waals surface area contributed by atoms with E-state index in [1.165, 1.54) is 18.4 Å². The molecule has 0 amide bonds. The Labute approximate surface area is 98.6 Å². The summed E-state index contributed by atoms with van der Waals surface area (Å²) in [5, 5.41) is 0. The molecule has 1 atom stereocenters. The molecule has 1 aliphatic rings. The first-order valence-corrected chi connectivity index (χ1v) is 6.08. The third-order valence-corrected chi connectivity index (χ3v) is 3.88. The monoisotopic (exact) mass is 271 g/mol. The number of aryl methyl sites for hydroxylation is 1. The van der Waals surface area contributed by atoms with E-state index < -0.39 is 0 Å². The number of halogens is 2. The normalized spacial score (nSPS) is 23.0. The van der Waals surface area contributed by atoms with Crippen LogP contribution in [0.1, 0.15) is 36.4 Å². The molecule has 1 aromatic rings. The van der Waals surface area contributed by atoms with Gasteiger partial charge in [0, 0.05) is 28.7 Å². The maximum Gasteiger partial charge on any atom is 0.123 e. The average Bonchev–Trinajstić information content (AvgIpc) is 2.20. The van der Waals surface area contributed by atoms with Crippen LogP contribution in [0.3, 0.4) is 0 Å². The Morgan fingerprint density at radius 3 is 2.87 bits per heavy atom. The Kier molecular flexibility index (Phi) is 3.42. The van der Waals surface area contributed by atoms with E-state index in [-0.39, 0.29) is 5.82 Å². The first kappa shape index (κ1) is 11.1. The fraction of sp³-hybridized carbons (Fsp3) is 0.500. The van der Waals surface area contributed by atoms with Crippen molar-refractivity contribution in [2.24, 2.45) is 0 Å². The summed E-state index contributed by atoms with van der Waals surface area (Å²) < 4.78 is 15.2. The maximum absolute atomic E-state index is 13.0. The lowest BCUT2D eigenvalue weighted by atomic mass is 9.94. The van der Waals surface area contributed by atoms with Gasteiger partial charge in [-0.25, -0.2) is 8.32 Å². The van der Waals surface area contributed by atoms with E-state index in [0.29, 0.717) is 6.04 Å². The molecule has 15 heavy (non-hydrogen) atoms. The second-order valence-electron chi connectivity index (χ2n) is 4.14. The molecule has 0 spiro atoms. The summed E-state index contributed by atoms with van der Waals surface area (Å²) in [4.78, 5) is 0. The van der Waals surface area contributed by atoms with Crippen molar-refractivity contribution in [3.63, 3.8) is 0 Å². The highest BCUT2D eigenvalue weighted by atomic mass is 79.9. The summed E-state index contributed by atoms with van der Waals surface area (Å²) in [6, 6.07) is 5.48. The third kappa shape index (κ3) is 2.40. The van der Waals surface area contributed by atoms with Crippen LogP contribution in [-0.4, -0.2) is 10.5 Å². The Morgan fingerprint density at radius 2 is 2.20 bits per heavy atom. The molecule has 1 aliphatic heterocycles. The minimum Gasteiger partial charge on any atom is -0.235 e. The first-order chi connectivity index (χ1) is 7.18. The summed E-state index contributed by atoms with van der Waals surface area (Å²) in [5.41, 5.74) is 2.29. The van der Waals surface area contributed by atoms with Crippen molar-refractivity contribution >= 4 is 16.1 Å². The molecule has 1 unspecified atom stereocenters. The molecule has 0 aromatic heterocycles. The standard InChI is InChI=1S/C12H15BrFN/c1-9-8-10(14)5-6-11(9)12-4-2-3-7-15(12)13/h5-6,8,12H,2-4,7H2,1H3. The summed E-state index contributed by atoms with van der Waals surface area (Å²) in [5.74, 6) is -0.145. The van der Waals surface area contributed by atoms with Gasteiger partial charge in [-0.05, 0) is 43.0 Å². The van der Waals surface area contributed by atoms with E-state index >= 15 is 0 Å². The average molecular weight is 272 g/mol. The molecule has 0 N–H and O–H groups in total. The summed E-state index contributed by atoms with van der Waals surface area (Å²) in [6.07, 6.45) is 3.64. The molecule has 1 heterocycles. The zero-order valence-electron chi connectivity index (χ0n) is 8.84. The summed E-state index contributed by atoms with van der Waals surface area (Å²) >= 11 is 3.58. The smallest absolute Gasteiger partial charge is 0.123 e. The van der Waals surface area contributed by atoms with E-state index in [9.17, 15) is 4.39 Å². The van der Waals surface area contributed by atoms with Gasteiger partial charge in [-0.15, -0.1) is 0 Å². The topological polar surface area (TPSA) is 3.24 Å². The van der Waals surface area contributed by atoms with E-state index in [4.69, 9.17) is 0 Å². The van der Waals surface area contributed by atoms with Crippen LogP contribution in [0.4, 0.5) is 4.39 Å². The fourth-order valence-electron chi connectivity index (χ4n) is 2.22. The van der Waals surface area contributed by atoms with E-state index in [0.717, 1.165) is 18.5 Å². The second-order valence-corrected chi connectivity index (χ2v) is 5.05. The molecular weight excluding hydrogens is 257 g/mol. The Morgan fingerprint density at radius 1 is 1.40 bits per heavy atom. The molecule has 0 saturated carbocycles. The molecule has 1 saturated heterocycles. The van der Waals surface area contributed by atoms with Crippen molar-refractivity contribution in [2.75, 3.05) is 6.54 Å². The maximum atomic E-state index is 13.0.